The van der Waals surface area contributed by atoms with Crippen molar-refractivity contribution in [1.82, 2.24) is 5.32 Å². The number of furan rings is 1. The Bertz CT molecular complexity index is 766. The highest BCUT2D eigenvalue weighted by Crippen LogP contribution is 2.34. The van der Waals surface area contributed by atoms with Crippen LogP contribution in [0.25, 0.3) is 0 Å². The van der Waals surface area contributed by atoms with E-state index in [4.69, 9.17) is 18.6 Å². The molecule has 3 rings (SSSR count). The molecule has 0 aliphatic carbocycles. The number of carbonyl (C=O) groups excluding carboxylic acids is 2. The van der Waals surface area contributed by atoms with Crippen molar-refractivity contribution in [3.63, 3.8) is 0 Å². The second kappa shape index (κ2) is 6.66. The summed E-state index contributed by atoms with van der Waals surface area (Å²) in [5.74, 6) is 0.362. The molecule has 24 heavy (non-hydrogen) atoms. The summed E-state index contributed by atoms with van der Waals surface area (Å²) in [4.78, 5) is 23.7. The van der Waals surface area contributed by atoms with Gasteiger partial charge in [0.15, 0.2) is 18.1 Å². The van der Waals surface area contributed by atoms with Crippen LogP contribution < -0.4 is 14.8 Å². The molecule has 7 nitrogen and oxygen atoms in total. The summed E-state index contributed by atoms with van der Waals surface area (Å²) in [6.45, 7) is 3.37. The Morgan fingerprint density at radius 3 is 2.79 bits per heavy atom. The molecule has 2 heterocycles. The third kappa shape index (κ3) is 3.34. The standard InChI is InChI=1S/C17H17NO6/c1-10-5-6-21-16(10)17(20)22-8-15(19)18-11(2)12-3-4-13-14(7-12)24-9-23-13/h3-7,11H,8-9H2,1-2H3,(H,18,19). The summed E-state index contributed by atoms with van der Waals surface area (Å²) < 4.78 is 20.5. The van der Waals surface area contributed by atoms with Gasteiger partial charge in [-0.3, -0.25) is 4.79 Å². The number of ether oxygens (including phenoxy) is 3. The third-order valence-corrected chi connectivity index (χ3v) is 3.66. The number of benzene rings is 1. The van der Waals surface area contributed by atoms with Gasteiger partial charge in [0.2, 0.25) is 12.6 Å². The molecule has 0 radical (unpaired) electrons. The Morgan fingerprint density at radius 2 is 2.04 bits per heavy atom. The molecule has 0 saturated carbocycles. The lowest BCUT2D eigenvalue weighted by atomic mass is 10.1. The van der Waals surface area contributed by atoms with Crippen molar-refractivity contribution in [2.75, 3.05) is 13.4 Å². The molecule has 126 valence electrons. The van der Waals surface area contributed by atoms with Crippen LogP contribution in [0.2, 0.25) is 0 Å². The van der Waals surface area contributed by atoms with Crippen LogP contribution in [-0.2, 0) is 9.53 Å². The van der Waals surface area contributed by atoms with E-state index in [9.17, 15) is 9.59 Å². The van der Waals surface area contributed by atoms with Gasteiger partial charge in [0, 0.05) is 5.56 Å². The molecule has 0 saturated heterocycles. The molecular weight excluding hydrogens is 314 g/mol. The minimum Gasteiger partial charge on any atom is -0.457 e. The summed E-state index contributed by atoms with van der Waals surface area (Å²) in [6, 6.07) is 6.83. The van der Waals surface area contributed by atoms with Crippen LogP contribution in [0.15, 0.2) is 34.9 Å². The monoisotopic (exact) mass is 331 g/mol. The summed E-state index contributed by atoms with van der Waals surface area (Å²) in [6.07, 6.45) is 1.40. The van der Waals surface area contributed by atoms with Gasteiger partial charge in [-0.25, -0.2) is 4.79 Å². The van der Waals surface area contributed by atoms with Gasteiger partial charge in [0.1, 0.15) is 0 Å². The van der Waals surface area contributed by atoms with E-state index >= 15 is 0 Å². The van der Waals surface area contributed by atoms with Gasteiger partial charge < -0.3 is 23.9 Å². The van der Waals surface area contributed by atoms with E-state index in [0.29, 0.717) is 17.1 Å². The maximum Gasteiger partial charge on any atom is 0.375 e. The molecule has 1 aliphatic heterocycles. The molecule has 1 unspecified atom stereocenters. The first-order chi connectivity index (χ1) is 11.5. The second-order valence-corrected chi connectivity index (χ2v) is 5.41. The van der Waals surface area contributed by atoms with Crippen molar-refractivity contribution in [3.05, 3.63) is 47.4 Å². The molecule has 1 N–H and O–H groups in total. The van der Waals surface area contributed by atoms with E-state index in [0.717, 1.165) is 5.56 Å². The molecule has 0 bridgehead atoms. The van der Waals surface area contributed by atoms with Crippen molar-refractivity contribution in [3.8, 4) is 11.5 Å². The Kier molecular flexibility index (Phi) is 4.41. The fourth-order valence-electron chi connectivity index (χ4n) is 2.33. The normalized spacial score (nSPS) is 13.4. The van der Waals surface area contributed by atoms with Crippen molar-refractivity contribution in [2.45, 2.75) is 19.9 Å². The summed E-state index contributed by atoms with van der Waals surface area (Å²) >= 11 is 0. The van der Waals surface area contributed by atoms with Crippen LogP contribution in [0.3, 0.4) is 0 Å². The second-order valence-electron chi connectivity index (χ2n) is 5.41. The first-order valence-corrected chi connectivity index (χ1v) is 7.44. The van der Waals surface area contributed by atoms with E-state index in [1.54, 1.807) is 19.1 Å². The largest absolute Gasteiger partial charge is 0.457 e. The highest BCUT2D eigenvalue weighted by molar-refractivity contribution is 5.90. The Morgan fingerprint density at radius 1 is 1.25 bits per heavy atom. The van der Waals surface area contributed by atoms with E-state index in [2.05, 4.69) is 5.32 Å². The fraction of sp³-hybridized carbons (Fsp3) is 0.294. The van der Waals surface area contributed by atoms with Gasteiger partial charge in [-0.05, 0) is 37.6 Å². The average Bonchev–Trinajstić information content (AvgIpc) is 3.20. The fourth-order valence-corrected chi connectivity index (χ4v) is 2.33. The molecule has 0 fully saturated rings. The lowest BCUT2D eigenvalue weighted by molar-refractivity contribution is -0.124. The predicted octanol–water partition coefficient (Wildman–Crippen LogP) is 2.35. The summed E-state index contributed by atoms with van der Waals surface area (Å²) in [5, 5.41) is 2.76. The number of hydrogen-bond donors (Lipinski definition) is 1. The van der Waals surface area contributed by atoms with Crippen LogP contribution in [0.4, 0.5) is 0 Å². The number of fused-ring (bicyclic) bond motifs is 1. The van der Waals surface area contributed by atoms with Crippen LogP contribution in [0.1, 0.15) is 34.6 Å². The smallest absolute Gasteiger partial charge is 0.375 e. The van der Waals surface area contributed by atoms with Gasteiger partial charge in [-0.2, -0.15) is 0 Å². The first kappa shape index (κ1) is 15.9. The SMILES string of the molecule is Cc1ccoc1C(=O)OCC(=O)NC(C)c1ccc2c(c1)OCO2. The molecule has 7 heteroatoms. The van der Waals surface area contributed by atoms with Crippen molar-refractivity contribution >= 4 is 11.9 Å². The zero-order chi connectivity index (χ0) is 17.1. The van der Waals surface area contributed by atoms with E-state index in [1.165, 1.54) is 6.26 Å². The molecule has 1 atom stereocenters. The Balaban J connectivity index is 1.53. The van der Waals surface area contributed by atoms with Gasteiger partial charge in [0.25, 0.3) is 5.91 Å². The van der Waals surface area contributed by atoms with Crippen LogP contribution in [0.5, 0.6) is 11.5 Å². The molecule has 1 aromatic heterocycles. The minimum absolute atomic E-state index is 0.103. The lowest BCUT2D eigenvalue weighted by Gasteiger charge is -2.14. The zero-order valence-corrected chi connectivity index (χ0v) is 13.3. The Hall–Kier alpha value is -2.96. The van der Waals surface area contributed by atoms with Crippen LogP contribution >= 0.6 is 0 Å². The van der Waals surface area contributed by atoms with Crippen molar-refractivity contribution < 1.29 is 28.2 Å². The topological polar surface area (TPSA) is 87.0 Å². The minimum atomic E-state index is -0.664. The highest BCUT2D eigenvalue weighted by Gasteiger charge is 2.19. The third-order valence-electron chi connectivity index (χ3n) is 3.66. The molecule has 2 aromatic rings. The maximum atomic E-state index is 11.9. The molecular formula is C17H17NO6. The number of hydrogen-bond acceptors (Lipinski definition) is 6. The van der Waals surface area contributed by atoms with Gasteiger partial charge in [0.05, 0.1) is 12.3 Å². The maximum absolute atomic E-state index is 11.9. The zero-order valence-electron chi connectivity index (χ0n) is 13.3. The number of esters is 1. The summed E-state index contributed by atoms with van der Waals surface area (Å²) in [7, 11) is 0. The number of carbonyl (C=O) groups is 2. The van der Waals surface area contributed by atoms with Gasteiger partial charge >= 0.3 is 5.97 Å². The number of rotatable bonds is 5. The van der Waals surface area contributed by atoms with E-state index in [-0.39, 0.29) is 25.2 Å². The predicted molar refractivity (Wildman–Crippen MR) is 82.9 cm³/mol. The average molecular weight is 331 g/mol. The molecule has 1 amide bonds. The van der Waals surface area contributed by atoms with E-state index in [1.807, 2.05) is 19.1 Å². The first-order valence-electron chi connectivity index (χ1n) is 7.44. The summed E-state index contributed by atoms with van der Waals surface area (Å²) in [5.41, 5.74) is 1.52. The van der Waals surface area contributed by atoms with Crippen LogP contribution in [0, 0.1) is 6.92 Å². The molecule has 0 spiro atoms. The van der Waals surface area contributed by atoms with Gasteiger partial charge in [-0.1, -0.05) is 6.07 Å². The lowest BCUT2D eigenvalue weighted by Crippen LogP contribution is -2.31. The van der Waals surface area contributed by atoms with Crippen molar-refractivity contribution in [2.24, 2.45) is 0 Å². The number of amides is 1. The quantitative estimate of drug-likeness (QED) is 0.846. The number of aryl methyl sites for hydroxylation is 1. The van der Waals surface area contributed by atoms with Crippen molar-refractivity contribution in [1.29, 1.82) is 0 Å². The van der Waals surface area contributed by atoms with Crippen LogP contribution in [-0.4, -0.2) is 25.3 Å². The van der Waals surface area contributed by atoms with E-state index < -0.39 is 11.9 Å². The molecule has 1 aliphatic rings. The highest BCUT2D eigenvalue weighted by atomic mass is 16.7. The van der Waals surface area contributed by atoms with Gasteiger partial charge in [-0.15, -0.1) is 0 Å². The Labute approximate surface area is 138 Å². The molecule has 1 aromatic carbocycles. The number of nitrogens with one attached hydrogen (secondary N) is 1.